The lowest BCUT2D eigenvalue weighted by Crippen LogP contribution is -2.19. The van der Waals surface area contributed by atoms with E-state index in [0.29, 0.717) is 41.9 Å². The average molecular weight is 475 g/mol. The van der Waals surface area contributed by atoms with Gasteiger partial charge in [0.25, 0.3) is 0 Å². The first-order valence-electron chi connectivity index (χ1n) is 12.1. The molecule has 1 aliphatic carbocycles. The number of nitrogens with one attached hydrogen (secondary N) is 1. The van der Waals surface area contributed by atoms with Gasteiger partial charge in [-0.3, -0.25) is 4.79 Å². The van der Waals surface area contributed by atoms with Gasteiger partial charge in [-0.05, 0) is 42.0 Å². The quantitative estimate of drug-likeness (QED) is 0.356. The van der Waals surface area contributed by atoms with Gasteiger partial charge in [0, 0.05) is 13.6 Å². The van der Waals surface area contributed by atoms with Crippen LogP contribution in [0, 0.1) is 0 Å². The SMILES string of the molecule is CN(Cc1ccco1)c1nc(NCc2ccc(C3CCCCC3)cc2)nc2c1ncn2CC(=O)O. The second-order valence-electron chi connectivity index (χ2n) is 9.17. The lowest BCUT2D eigenvalue weighted by atomic mass is 9.84. The van der Waals surface area contributed by atoms with Gasteiger partial charge in [-0.15, -0.1) is 0 Å². The number of aliphatic carboxylic acids is 1. The Morgan fingerprint density at radius 3 is 2.69 bits per heavy atom. The molecule has 2 N–H and O–H groups in total. The van der Waals surface area contributed by atoms with Crippen LogP contribution in [0.4, 0.5) is 11.8 Å². The third-order valence-electron chi connectivity index (χ3n) is 6.59. The van der Waals surface area contributed by atoms with E-state index in [4.69, 9.17) is 9.40 Å². The van der Waals surface area contributed by atoms with Gasteiger partial charge in [-0.2, -0.15) is 9.97 Å². The van der Waals surface area contributed by atoms with Crippen LogP contribution in [-0.2, 0) is 24.4 Å². The molecular weight excluding hydrogens is 444 g/mol. The molecule has 9 heteroatoms. The van der Waals surface area contributed by atoms with Crippen molar-refractivity contribution in [1.29, 1.82) is 0 Å². The van der Waals surface area contributed by atoms with Gasteiger partial charge in [-0.1, -0.05) is 43.5 Å². The van der Waals surface area contributed by atoms with Crippen molar-refractivity contribution in [3.05, 3.63) is 65.9 Å². The standard InChI is InChI=1S/C26H30N6O3/c1-31(15-21-8-5-13-35-21)24-23-25(32(17-28-23)16-22(33)34)30-26(29-24)27-14-18-9-11-20(12-10-18)19-6-3-2-4-7-19/h5,8-13,17,19H,2-4,6-7,14-16H2,1H3,(H,33,34)(H,27,29,30). The largest absolute Gasteiger partial charge is 0.480 e. The van der Waals surface area contributed by atoms with Crippen molar-refractivity contribution >= 4 is 28.9 Å². The van der Waals surface area contributed by atoms with Crippen LogP contribution >= 0.6 is 0 Å². The summed E-state index contributed by atoms with van der Waals surface area (Å²) in [7, 11) is 1.90. The summed E-state index contributed by atoms with van der Waals surface area (Å²) in [5.74, 6) is 1.53. The normalized spacial score (nSPS) is 14.3. The van der Waals surface area contributed by atoms with Gasteiger partial charge in [0.15, 0.2) is 17.0 Å². The molecule has 1 saturated carbocycles. The highest BCUT2D eigenvalue weighted by Crippen LogP contribution is 2.32. The second-order valence-corrected chi connectivity index (χ2v) is 9.17. The summed E-state index contributed by atoms with van der Waals surface area (Å²) in [6.45, 7) is 0.828. The summed E-state index contributed by atoms with van der Waals surface area (Å²) in [5.41, 5.74) is 3.57. The number of nitrogens with zero attached hydrogens (tertiary/aromatic N) is 5. The van der Waals surface area contributed by atoms with Gasteiger partial charge in [0.2, 0.25) is 5.95 Å². The minimum Gasteiger partial charge on any atom is -0.480 e. The number of hydrogen-bond donors (Lipinski definition) is 2. The summed E-state index contributed by atoms with van der Waals surface area (Å²) in [6.07, 6.45) is 9.69. The topological polar surface area (TPSA) is 109 Å². The third-order valence-corrected chi connectivity index (χ3v) is 6.59. The van der Waals surface area contributed by atoms with Crippen molar-refractivity contribution in [3.8, 4) is 0 Å². The lowest BCUT2D eigenvalue weighted by molar-refractivity contribution is -0.137. The number of carboxylic acids is 1. The first kappa shape index (κ1) is 22.9. The Hall–Kier alpha value is -3.88. The molecule has 0 radical (unpaired) electrons. The van der Waals surface area contributed by atoms with E-state index in [2.05, 4.69) is 39.6 Å². The molecule has 5 rings (SSSR count). The molecule has 9 nitrogen and oxygen atoms in total. The van der Waals surface area contributed by atoms with Crippen LogP contribution in [0.1, 0.15) is 54.9 Å². The van der Waals surface area contributed by atoms with E-state index in [-0.39, 0.29) is 6.54 Å². The molecule has 0 spiro atoms. The van der Waals surface area contributed by atoms with E-state index >= 15 is 0 Å². The monoisotopic (exact) mass is 474 g/mol. The van der Waals surface area contributed by atoms with Crippen molar-refractivity contribution in [2.45, 2.75) is 57.7 Å². The van der Waals surface area contributed by atoms with Gasteiger partial charge in [-0.25, -0.2) is 4.98 Å². The Morgan fingerprint density at radius 1 is 1.17 bits per heavy atom. The molecule has 0 bridgehead atoms. The molecule has 3 aromatic heterocycles. The summed E-state index contributed by atoms with van der Waals surface area (Å²) >= 11 is 0. The second kappa shape index (κ2) is 10.2. The minimum atomic E-state index is -0.957. The predicted molar refractivity (Wildman–Crippen MR) is 133 cm³/mol. The van der Waals surface area contributed by atoms with Crippen LogP contribution < -0.4 is 10.2 Å². The molecule has 0 unspecified atom stereocenters. The number of carbonyl (C=O) groups is 1. The molecule has 0 atom stereocenters. The Bertz CT molecular complexity index is 1280. The van der Waals surface area contributed by atoms with Gasteiger partial charge in [0.05, 0.1) is 19.1 Å². The number of imidazole rings is 1. The lowest BCUT2D eigenvalue weighted by Gasteiger charge is -2.22. The van der Waals surface area contributed by atoms with Crippen LogP contribution in [0.3, 0.4) is 0 Å². The first-order chi connectivity index (χ1) is 17.1. The number of hydrogen-bond acceptors (Lipinski definition) is 7. The van der Waals surface area contributed by atoms with Crippen molar-refractivity contribution in [1.82, 2.24) is 19.5 Å². The summed E-state index contributed by atoms with van der Waals surface area (Å²) in [6, 6.07) is 12.5. The Labute approximate surface area is 203 Å². The molecule has 0 saturated heterocycles. The fourth-order valence-electron chi connectivity index (χ4n) is 4.77. The zero-order chi connectivity index (χ0) is 24.2. The highest BCUT2D eigenvalue weighted by Gasteiger charge is 2.19. The van der Waals surface area contributed by atoms with Crippen molar-refractivity contribution in [2.24, 2.45) is 0 Å². The van der Waals surface area contributed by atoms with Crippen molar-refractivity contribution in [3.63, 3.8) is 0 Å². The molecule has 0 amide bonds. The predicted octanol–water partition coefficient (Wildman–Crippen LogP) is 4.80. The minimum absolute atomic E-state index is 0.225. The van der Waals surface area contributed by atoms with E-state index in [1.807, 2.05) is 24.1 Å². The zero-order valence-corrected chi connectivity index (χ0v) is 19.9. The molecule has 4 aromatic rings. The van der Waals surface area contributed by atoms with Crippen LogP contribution in [0.25, 0.3) is 11.2 Å². The van der Waals surface area contributed by atoms with Crippen LogP contribution in [0.2, 0.25) is 0 Å². The maximum atomic E-state index is 11.3. The number of benzene rings is 1. The van der Waals surface area contributed by atoms with E-state index in [0.717, 1.165) is 11.3 Å². The Kier molecular flexibility index (Phi) is 6.65. The number of rotatable bonds is 9. The maximum absolute atomic E-state index is 11.3. The number of carboxylic acid groups (broad SMARTS) is 1. The van der Waals surface area contributed by atoms with E-state index < -0.39 is 5.97 Å². The van der Waals surface area contributed by atoms with E-state index in [1.54, 1.807) is 6.26 Å². The first-order valence-corrected chi connectivity index (χ1v) is 12.1. The van der Waals surface area contributed by atoms with Crippen LogP contribution in [-0.4, -0.2) is 37.6 Å². The summed E-state index contributed by atoms with van der Waals surface area (Å²) < 4.78 is 7.00. The number of anilines is 2. The van der Waals surface area contributed by atoms with Crippen LogP contribution in [0.15, 0.2) is 53.4 Å². The molecule has 3 heterocycles. The van der Waals surface area contributed by atoms with Gasteiger partial charge in [0.1, 0.15) is 12.3 Å². The Balaban J connectivity index is 1.37. The third kappa shape index (κ3) is 5.29. The number of furan rings is 1. The average Bonchev–Trinajstić information content (AvgIpc) is 3.53. The molecular formula is C26H30N6O3. The maximum Gasteiger partial charge on any atom is 0.323 e. The molecule has 1 aromatic carbocycles. The highest BCUT2D eigenvalue weighted by atomic mass is 16.4. The van der Waals surface area contributed by atoms with Gasteiger partial charge >= 0.3 is 5.97 Å². The fraction of sp³-hybridized carbons (Fsp3) is 0.385. The smallest absolute Gasteiger partial charge is 0.323 e. The Morgan fingerprint density at radius 2 is 1.97 bits per heavy atom. The fourth-order valence-corrected chi connectivity index (χ4v) is 4.77. The highest BCUT2D eigenvalue weighted by molar-refractivity contribution is 5.85. The van der Waals surface area contributed by atoms with E-state index in [9.17, 15) is 9.90 Å². The summed E-state index contributed by atoms with van der Waals surface area (Å²) in [5, 5.41) is 12.6. The van der Waals surface area contributed by atoms with Crippen LogP contribution in [0.5, 0.6) is 0 Å². The van der Waals surface area contributed by atoms with Crippen molar-refractivity contribution in [2.75, 3.05) is 17.3 Å². The number of fused-ring (bicyclic) bond motifs is 1. The van der Waals surface area contributed by atoms with Crippen molar-refractivity contribution < 1.29 is 14.3 Å². The van der Waals surface area contributed by atoms with Gasteiger partial charge < -0.3 is 24.3 Å². The molecule has 0 aliphatic heterocycles. The molecule has 1 aliphatic rings. The molecule has 182 valence electrons. The number of aromatic nitrogens is 4. The van der Waals surface area contributed by atoms with E-state index in [1.165, 1.54) is 48.6 Å². The zero-order valence-electron chi connectivity index (χ0n) is 19.9. The summed E-state index contributed by atoms with van der Waals surface area (Å²) in [4.78, 5) is 27.0. The molecule has 1 fully saturated rings. The molecule has 35 heavy (non-hydrogen) atoms.